The molecule has 0 saturated carbocycles. The number of aliphatic hydroxyl groups is 1. The average Bonchev–Trinajstić information content (AvgIpc) is 1.69. The topological polar surface area (TPSA) is 705 Å². The molecule has 0 radical (unpaired) electrons. The van der Waals surface area contributed by atoms with Crippen LogP contribution in [0.3, 0.4) is 0 Å². The van der Waals surface area contributed by atoms with Gasteiger partial charge in [0.05, 0.1) is 56.9 Å². The van der Waals surface area contributed by atoms with Crippen molar-refractivity contribution in [2.75, 3.05) is 182 Å². The van der Waals surface area contributed by atoms with Crippen LogP contribution in [0.1, 0.15) is 82.8 Å². The number of phenolic OH excluding ortho intramolecular Hbond substituents is 2. The van der Waals surface area contributed by atoms with Gasteiger partial charge in [-0.05, 0) is 73.4 Å². The van der Waals surface area contributed by atoms with E-state index in [9.17, 15) is 133 Å². The number of carboxylic acids is 9. The molecule has 2 aromatic carbocycles. The van der Waals surface area contributed by atoms with Crippen LogP contribution in [0.2, 0.25) is 5.02 Å². The number of carbonyl (C=O) groups excluding carboxylic acids is 10. The van der Waals surface area contributed by atoms with Crippen LogP contribution in [0.5, 0.6) is 11.5 Å². The van der Waals surface area contributed by atoms with Crippen LogP contribution in [-0.2, 0) is 104 Å². The fourth-order valence-electron chi connectivity index (χ4n) is 15.5. The Balaban J connectivity index is 1.35. The maximum absolute atomic E-state index is 15.3. The van der Waals surface area contributed by atoms with Crippen molar-refractivity contribution >= 4 is 146 Å². The first kappa shape index (κ1) is 112. The number of hydrogen-bond donors (Lipinski definition) is 21. The second kappa shape index (κ2) is 57.5. The number of nitrogens with one attached hydrogen (secondary N) is 9. The summed E-state index contributed by atoms with van der Waals surface area (Å²) < 4.78 is 0. The fourth-order valence-corrected chi connectivity index (χ4v) is 17.8. The number of phenols is 2. The molecule has 2 aromatic rings. The van der Waals surface area contributed by atoms with Gasteiger partial charge in [-0.15, -0.1) is 0 Å². The zero-order valence-electron chi connectivity index (χ0n) is 74.8. The van der Waals surface area contributed by atoms with Gasteiger partial charge in [0.15, 0.2) is 0 Å². The number of rotatable bonds is 41. The molecule has 0 spiro atoms. The lowest BCUT2D eigenvalue weighted by Crippen LogP contribution is -2.60. The van der Waals surface area contributed by atoms with Gasteiger partial charge in [0, 0.05) is 174 Å². The third kappa shape index (κ3) is 41.8. The summed E-state index contributed by atoms with van der Waals surface area (Å²) in [7, 11) is 2.04. The predicted molar refractivity (Wildman–Crippen MR) is 480 cm³/mol. The quantitative estimate of drug-likeness (QED) is 0.0276. The van der Waals surface area contributed by atoms with Crippen molar-refractivity contribution in [3.8, 4) is 11.5 Å². The first-order valence-corrected chi connectivity index (χ1v) is 46.7. The molecule has 52 heteroatoms. The third-order valence-corrected chi connectivity index (χ3v) is 25.2. The minimum absolute atomic E-state index is 0.00999. The lowest BCUT2D eigenvalue weighted by Gasteiger charge is -2.35. The number of amides is 10. The highest BCUT2D eigenvalue weighted by atomic mass is 35.5. The molecule has 4 heterocycles. The van der Waals surface area contributed by atoms with Gasteiger partial charge < -0.3 is 114 Å². The van der Waals surface area contributed by atoms with E-state index in [2.05, 4.69) is 47.9 Å². The largest absolute Gasteiger partial charge is 0.508 e. The van der Waals surface area contributed by atoms with Gasteiger partial charge in [-0.3, -0.25) is 130 Å². The Labute approximate surface area is 789 Å². The molecule has 4 aliphatic rings. The number of nitrogens with zero attached hydrogens (tertiary/aromatic N) is 9. The summed E-state index contributed by atoms with van der Waals surface area (Å²) in [6.07, 6.45) is -7.21. The molecular weight excluding hydrogens is 1840 g/mol. The van der Waals surface area contributed by atoms with Gasteiger partial charge >= 0.3 is 53.7 Å². The normalized spacial score (nSPS) is 21.0. The lowest BCUT2D eigenvalue weighted by molar-refractivity contribution is -0.145. The van der Waals surface area contributed by atoms with E-state index in [-0.39, 0.29) is 163 Å². The molecule has 4 aliphatic heterocycles. The van der Waals surface area contributed by atoms with Crippen LogP contribution >= 0.6 is 33.2 Å². The molecule has 10 amide bonds. The second-order valence-corrected chi connectivity index (χ2v) is 36.5. The number of halogens is 1. The zero-order chi connectivity index (χ0) is 99.7. The van der Waals surface area contributed by atoms with E-state index >= 15 is 19.2 Å². The van der Waals surface area contributed by atoms with Gasteiger partial charge in [-0.25, -0.2) is 0 Å². The summed E-state index contributed by atoms with van der Waals surface area (Å²) in [5.41, 5.74) is 0.470. The molecule has 49 nitrogen and oxygen atoms in total. The Bertz CT molecular complexity index is 4370. The van der Waals surface area contributed by atoms with Crippen LogP contribution in [0.15, 0.2) is 42.5 Å². The Morgan fingerprint density at radius 3 is 1.39 bits per heavy atom. The maximum Gasteiger partial charge on any atom is 0.320 e. The van der Waals surface area contributed by atoms with Gasteiger partial charge in [-0.1, -0.05) is 65.2 Å². The monoisotopic (exact) mass is 1970 g/mol. The predicted octanol–water partition coefficient (Wildman–Crippen LogP) is -6.13. The molecule has 0 aromatic heterocycles. The van der Waals surface area contributed by atoms with Crippen LogP contribution in [-0.4, -0.2) is 460 Å². The molecule has 0 bridgehead atoms. The van der Waals surface area contributed by atoms with Crippen molar-refractivity contribution < 1.29 is 152 Å². The first-order valence-electron chi connectivity index (χ1n) is 43.8. The number of hydrogen-bond acceptors (Lipinski definition) is 32. The van der Waals surface area contributed by atoms with E-state index in [1.165, 1.54) is 81.7 Å². The molecule has 135 heavy (non-hydrogen) atoms. The summed E-state index contributed by atoms with van der Waals surface area (Å²) in [6, 6.07) is -5.92. The minimum atomic E-state index is -1.96. The first-order chi connectivity index (χ1) is 63.9. The maximum atomic E-state index is 15.3. The van der Waals surface area contributed by atoms with E-state index < -0.39 is 296 Å². The highest BCUT2D eigenvalue weighted by Crippen LogP contribution is 2.28. The molecule has 6 rings (SSSR count). The van der Waals surface area contributed by atoms with Crippen LogP contribution in [0.25, 0.3) is 0 Å². The SMILES string of the molecule is CC(C)C[C@@H]1NC(=O)CNC(=O)[C@H](Cc2ccc(O)c(Cl)c2)NC(=O)[C@@H]2C[C@@H](O)CN2C(=O)C(NC(=O)C(CCC(=O)O)NC(=O)[C@H](Cc2ccc(O)cc2)NC(=O)[C@H](CCNC(=O)CCC(C(=O)O)N2CCN(CC(=O)O)CCN(CC(=O)O)CCN(CC(=O)O)CC2)NC(=O)CCC(C(=O)O)N2CCN(CC(=O)O)CCN(CC(=O)O)CCN(CC(=O)O)CC2)CSSCCNC1=O. The molecule has 0 aliphatic carbocycles. The summed E-state index contributed by atoms with van der Waals surface area (Å²) >= 11 is 6.23. The number of aromatic hydroxyl groups is 2. The molecule has 750 valence electrons. The number of carbonyl (C=O) groups is 19. The standard InChI is InChI=1S/C83H123ClN18O31S2/c1-49(2)35-57-75(123)86-17-34-134-135-48-60(81(129)102-41-53(104)39-63(102)80(128)92-58(76(124)87-40-67(108)89-57)38-51-5-11-64(105)54(84)36-51)93-77(125)55(8-14-68(109)110)90-79(127)59(37-50-3-6-52(103)7-4-50)91-78(126)56(88-66(107)13-10-62(83(132)133)101-32-28-98(46-73(119)120)24-20-95(43-70(113)114)21-25-99(29-33-101)47-74(121)122)15-16-85-65(106)12-9-61(82(130)131)100-30-26-96(44-71(115)116)22-18-94(42-69(111)112)19-23-97(27-31-100)45-72(117)118/h3-7,11,36,49,53,55-63,103-105H,8-10,12-35,37-48H2,1-2H3,(H,85,106)(H,86,123)(H,87,124)(H,88,107)(H,89,108)(H,90,127)(H,91,126)(H,92,128)(H,93,125)(H,109,110)(H,111,112)(H,113,114)(H,115,116)(H,117,118)(H,119,120)(H,121,122)(H,130,131)(H,132,133)/t53-,55?,56+,57+,58+,59+,60?,61?,62?,63+/m1/s1. The average molecular weight is 1970 g/mol. The van der Waals surface area contributed by atoms with Crippen molar-refractivity contribution in [1.29, 1.82) is 0 Å². The number of aliphatic hydroxyl groups excluding tert-OH is 1. The third-order valence-electron chi connectivity index (χ3n) is 22.5. The smallest absolute Gasteiger partial charge is 0.320 e. The van der Waals surface area contributed by atoms with Crippen LogP contribution in [0.4, 0.5) is 0 Å². The van der Waals surface area contributed by atoms with Crippen molar-refractivity contribution in [1.82, 2.24) is 92.0 Å². The summed E-state index contributed by atoms with van der Waals surface area (Å²) in [6.45, 7) is -2.85. The molecule has 4 unspecified atom stereocenters. The van der Waals surface area contributed by atoms with Crippen molar-refractivity contribution in [3.63, 3.8) is 0 Å². The van der Waals surface area contributed by atoms with Crippen LogP contribution in [0, 0.1) is 5.92 Å². The Kier molecular flexibility index (Phi) is 47.8. The number of aliphatic carboxylic acids is 9. The fraction of sp³-hybridized carbons (Fsp3) is 0.627. The van der Waals surface area contributed by atoms with E-state index in [1.807, 2.05) is 0 Å². The van der Waals surface area contributed by atoms with Gasteiger partial charge in [0.25, 0.3) is 0 Å². The summed E-state index contributed by atoms with van der Waals surface area (Å²) in [5, 5.41) is 145. The number of carboxylic acid groups (broad SMARTS) is 9. The van der Waals surface area contributed by atoms with Gasteiger partial charge in [0.2, 0.25) is 59.1 Å². The Morgan fingerprint density at radius 1 is 0.481 bits per heavy atom. The second-order valence-electron chi connectivity index (χ2n) is 33.4. The van der Waals surface area contributed by atoms with Crippen molar-refractivity contribution in [2.24, 2.45) is 5.92 Å². The Morgan fingerprint density at radius 2 is 0.926 bits per heavy atom. The van der Waals surface area contributed by atoms with Gasteiger partial charge in [0.1, 0.15) is 65.9 Å². The Hall–Kier alpha value is -11.4. The number of fused-ring (bicyclic) bond motifs is 1. The minimum Gasteiger partial charge on any atom is -0.508 e. The molecular formula is C83H123ClN18O31S2. The van der Waals surface area contributed by atoms with Gasteiger partial charge in [-0.2, -0.15) is 0 Å². The van der Waals surface area contributed by atoms with E-state index in [1.54, 1.807) is 13.8 Å². The molecule has 21 N–H and O–H groups in total. The molecule has 10 atom stereocenters. The van der Waals surface area contributed by atoms with Crippen LogP contribution < -0.4 is 47.9 Å². The highest BCUT2D eigenvalue weighted by molar-refractivity contribution is 8.76. The van der Waals surface area contributed by atoms with Crippen molar-refractivity contribution in [3.05, 3.63) is 58.6 Å². The highest BCUT2D eigenvalue weighted by Gasteiger charge is 2.44. The summed E-state index contributed by atoms with van der Waals surface area (Å²) in [4.78, 5) is 269. The molecule has 4 fully saturated rings. The zero-order valence-corrected chi connectivity index (χ0v) is 77.2. The summed E-state index contributed by atoms with van der Waals surface area (Å²) in [5.74, 6) is -23.1. The number of benzene rings is 2. The molecule has 4 saturated heterocycles. The van der Waals surface area contributed by atoms with E-state index in [0.717, 1.165) is 26.5 Å². The van der Waals surface area contributed by atoms with E-state index in [0.29, 0.717) is 0 Å². The van der Waals surface area contributed by atoms with Crippen molar-refractivity contribution in [2.45, 2.75) is 145 Å². The van der Waals surface area contributed by atoms with E-state index in [4.69, 9.17) is 11.6 Å². The lowest BCUT2D eigenvalue weighted by atomic mass is 10.0.